The normalized spacial score (nSPS) is 17.0. The fourth-order valence-corrected chi connectivity index (χ4v) is 4.12. The molecule has 1 aliphatic heterocycles. The standard InChI is InChI=1S/C17H18ClFN6S/c1-17(20)3-7-24(8-4-17)16-23-10-12(15-22-6-9-25(15)16)26-11-2-5-21-14(19)13(11)18/h2,5-6,9-10H,3-4,7-8,20H2,1H3. The first-order valence-corrected chi connectivity index (χ1v) is 9.48. The molecule has 0 atom stereocenters. The third-order valence-electron chi connectivity index (χ3n) is 4.59. The number of nitrogens with zero attached hydrogens (tertiary/aromatic N) is 5. The van der Waals surface area contributed by atoms with Gasteiger partial charge in [0.15, 0.2) is 5.65 Å². The quantitative estimate of drug-likeness (QED) is 0.689. The van der Waals surface area contributed by atoms with E-state index in [0.29, 0.717) is 4.90 Å². The third kappa shape index (κ3) is 3.24. The minimum absolute atomic E-state index is 0.00421. The Morgan fingerprint density at radius 1 is 1.19 bits per heavy atom. The average Bonchev–Trinajstić information content (AvgIpc) is 3.10. The fourth-order valence-electron chi connectivity index (χ4n) is 3.01. The molecule has 0 aliphatic carbocycles. The van der Waals surface area contributed by atoms with E-state index in [2.05, 4.69) is 26.8 Å². The summed E-state index contributed by atoms with van der Waals surface area (Å²) in [5.41, 5.74) is 6.87. The van der Waals surface area contributed by atoms with Crippen molar-refractivity contribution in [2.45, 2.75) is 35.1 Å². The molecule has 3 aromatic rings. The molecule has 0 aromatic carbocycles. The summed E-state index contributed by atoms with van der Waals surface area (Å²) in [7, 11) is 0. The van der Waals surface area contributed by atoms with Crippen LogP contribution in [0.5, 0.6) is 0 Å². The Hall–Kier alpha value is -1.90. The van der Waals surface area contributed by atoms with Crippen molar-refractivity contribution in [2.75, 3.05) is 18.0 Å². The van der Waals surface area contributed by atoms with Crippen molar-refractivity contribution in [1.82, 2.24) is 19.4 Å². The molecule has 1 aliphatic rings. The van der Waals surface area contributed by atoms with Crippen LogP contribution in [0.25, 0.3) is 5.65 Å². The Labute approximate surface area is 159 Å². The summed E-state index contributed by atoms with van der Waals surface area (Å²) in [5.74, 6) is 0.156. The van der Waals surface area contributed by atoms with Crippen LogP contribution in [-0.4, -0.2) is 38.0 Å². The van der Waals surface area contributed by atoms with Crippen LogP contribution in [0.1, 0.15) is 19.8 Å². The lowest BCUT2D eigenvalue weighted by Gasteiger charge is -2.37. The zero-order valence-electron chi connectivity index (χ0n) is 14.2. The number of nitrogens with two attached hydrogens (primary N) is 1. The lowest BCUT2D eigenvalue weighted by molar-refractivity contribution is 0.361. The van der Waals surface area contributed by atoms with Gasteiger partial charge in [-0.1, -0.05) is 23.4 Å². The van der Waals surface area contributed by atoms with Crippen LogP contribution in [-0.2, 0) is 0 Å². The molecule has 0 radical (unpaired) electrons. The molecule has 0 amide bonds. The summed E-state index contributed by atoms with van der Waals surface area (Å²) in [4.78, 5) is 16.2. The molecule has 0 unspecified atom stereocenters. The second kappa shape index (κ2) is 6.68. The predicted molar refractivity (Wildman–Crippen MR) is 100 cm³/mol. The molecule has 136 valence electrons. The Kier molecular flexibility index (Phi) is 4.50. The van der Waals surface area contributed by atoms with E-state index < -0.39 is 5.95 Å². The van der Waals surface area contributed by atoms with Crippen molar-refractivity contribution in [1.29, 1.82) is 0 Å². The van der Waals surface area contributed by atoms with E-state index >= 15 is 0 Å². The lowest BCUT2D eigenvalue weighted by atomic mass is 9.91. The largest absolute Gasteiger partial charge is 0.342 e. The molecular weight excluding hydrogens is 375 g/mol. The van der Waals surface area contributed by atoms with Crippen LogP contribution in [0.3, 0.4) is 0 Å². The van der Waals surface area contributed by atoms with Crippen molar-refractivity contribution in [3.8, 4) is 0 Å². The summed E-state index contributed by atoms with van der Waals surface area (Å²) in [6.07, 6.45) is 8.59. The minimum Gasteiger partial charge on any atom is -0.342 e. The van der Waals surface area contributed by atoms with Gasteiger partial charge in [0, 0.05) is 48.3 Å². The van der Waals surface area contributed by atoms with E-state index in [1.165, 1.54) is 18.0 Å². The number of anilines is 1. The van der Waals surface area contributed by atoms with E-state index in [9.17, 15) is 4.39 Å². The molecule has 4 rings (SSSR count). The molecule has 4 heterocycles. The highest BCUT2D eigenvalue weighted by atomic mass is 35.5. The van der Waals surface area contributed by atoms with Crippen LogP contribution in [0.4, 0.5) is 10.3 Å². The van der Waals surface area contributed by atoms with Crippen LogP contribution >= 0.6 is 23.4 Å². The second-order valence-corrected chi connectivity index (χ2v) is 8.16. The third-order valence-corrected chi connectivity index (χ3v) is 6.13. The van der Waals surface area contributed by atoms with Gasteiger partial charge in [0.1, 0.15) is 5.02 Å². The number of piperidine rings is 1. The topological polar surface area (TPSA) is 72.3 Å². The van der Waals surface area contributed by atoms with Gasteiger partial charge < -0.3 is 10.6 Å². The Bertz CT molecular complexity index is 950. The maximum Gasteiger partial charge on any atom is 0.232 e. The van der Waals surface area contributed by atoms with Gasteiger partial charge in [0.25, 0.3) is 0 Å². The number of rotatable bonds is 3. The second-order valence-electron chi connectivity index (χ2n) is 6.70. The van der Waals surface area contributed by atoms with E-state index in [4.69, 9.17) is 17.3 Å². The van der Waals surface area contributed by atoms with Gasteiger partial charge in [-0.15, -0.1) is 0 Å². The molecule has 1 saturated heterocycles. The highest BCUT2D eigenvalue weighted by Crippen LogP contribution is 2.36. The maximum absolute atomic E-state index is 13.6. The fraction of sp³-hybridized carbons (Fsp3) is 0.353. The summed E-state index contributed by atoms with van der Waals surface area (Å²) in [5, 5.41) is 0.00421. The van der Waals surface area contributed by atoms with Crippen molar-refractivity contribution >= 4 is 35.0 Å². The zero-order valence-corrected chi connectivity index (χ0v) is 15.8. The minimum atomic E-state index is -0.682. The molecule has 1 fully saturated rings. The van der Waals surface area contributed by atoms with Gasteiger partial charge in [0.2, 0.25) is 11.9 Å². The molecule has 9 heteroatoms. The molecule has 26 heavy (non-hydrogen) atoms. The molecule has 0 spiro atoms. The van der Waals surface area contributed by atoms with E-state index in [1.807, 2.05) is 10.6 Å². The first-order valence-electron chi connectivity index (χ1n) is 8.28. The van der Waals surface area contributed by atoms with Gasteiger partial charge in [-0.05, 0) is 25.8 Å². The molecule has 3 aromatic heterocycles. The molecule has 2 N–H and O–H groups in total. The lowest BCUT2D eigenvalue weighted by Crippen LogP contribution is -2.48. The average molecular weight is 393 g/mol. The van der Waals surface area contributed by atoms with Gasteiger partial charge in [-0.3, -0.25) is 4.40 Å². The van der Waals surface area contributed by atoms with E-state index in [0.717, 1.165) is 42.4 Å². The SMILES string of the molecule is CC1(N)CCN(c2ncc(Sc3ccnc(F)c3Cl)c3nccn23)CC1. The van der Waals surface area contributed by atoms with Gasteiger partial charge in [-0.2, -0.15) is 4.39 Å². The number of imidazole rings is 1. The van der Waals surface area contributed by atoms with Crippen molar-refractivity contribution in [2.24, 2.45) is 5.73 Å². The first-order chi connectivity index (χ1) is 12.4. The van der Waals surface area contributed by atoms with Crippen molar-refractivity contribution in [3.05, 3.63) is 41.8 Å². The van der Waals surface area contributed by atoms with Gasteiger partial charge in [0.05, 0.1) is 4.90 Å². The summed E-state index contributed by atoms with van der Waals surface area (Å²) in [6, 6.07) is 1.68. The van der Waals surface area contributed by atoms with Crippen LogP contribution in [0, 0.1) is 5.95 Å². The Balaban J connectivity index is 1.67. The number of halogens is 2. The van der Waals surface area contributed by atoms with Crippen LogP contribution in [0.2, 0.25) is 5.02 Å². The van der Waals surface area contributed by atoms with Gasteiger partial charge >= 0.3 is 0 Å². The predicted octanol–water partition coefficient (Wildman–Crippen LogP) is 3.39. The highest BCUT2D eigenvalue weighted by Gasteiger charge is 2.28. The summed E-state index contributed by atoms with van der Waals surface area (Å²) >= 11 is 7.34. The molecule has 0 saturated carbocycles. The van der Waals surface area contributed by atoms with Crippen molar-refractivity contribution < 1.29 is 4.39 Å². The number of aromatic nitrogens is 4. The van der Waals surface area contributed by atoms with E-state index in [1.54, 1.807) is 18.5 Å². The summed E-state index contributed by atoms with van der Waals surface area (Å²) < 4.78 is 15.5. The Morgan fingerprint density at radius 3 is 2.73 bits per heavy atom. The van der Waals surface area contributed by atoms with Gasteiger partial charge in [-0.25, -0.2) is 15.0 Å². The maximum atomic E-state index is 13.6. The molecule has 6 nitrogen and oxygen atoms in total. The first kappa shape index (κ1) is 17.5. The number of fused-ring (bicyclic) bond motifs is 1. The number of pyridine rings is 1. The number of hydrogen-bond donors (Lipinski definition) is 1. The summed E-state index contributed by atoms with van der Waals surface area (Å²) in [6.45, 7) is 3.78. The Morgan fingerprint density at radius 2 is 1.96 bits per heavy atom. The molecular formula is C17H18ClFN6S. The number of hydrogen-bond acceptors (Lipinski definition) is 6. The van der Waals surface area contributed by atoms with E-state index in [-0.39, 0.29) is 10.6 Å². The van der Waals surface area contributed by atoms with Crippen LogP contribution in [0.15, 0.2) is 40.6 Å². The molecule has 0 bridgehead atoms. The smallest absolute Gasteiger partial charge is 0.232 e. The van der Waals surface area contributed by atoms with Crippen molar-refractivity contribution in [3.63, 3.8) is 0 Å². The van der Waals surface area contributed by atoms with Crippen LogP contribution < -0.4 is 10.6 Å². The monoisotopic (exact) mass is 392 g/mol. The zero-order chi connectivity index (χ0) is 18.3. The highest BCUT2D eigenvalue weighted by molar-refractivity contribution is 7.99.